The number of hydrogen-bond donors (Lipinski definition) is 2. The summed E-state index contributed by atoms with van der Waals surface area (Å²) < 4.78 is 5.00. The maximum absolute atomic E-state index is 11.6. The molecule has 0 unspecified atom stereocenters. The van der Waals surface area contributed by atoms with Gasteiger partial charge in [0.05, 0.1) is 12.8 Å². The first-order valence-electron chi connectivity index (χ1n) is 6.27. The number of amides is 1. The van der Waals surface area contributed by atoms with Gasteiger partial charge in [0.25, 0.3) is 0 Å². The molecule has 0 saturated carbocycles. The van der Waals surface area contributed by atoms with Gasteiger partial charge in [0, 0.05) is 11.7 Å². The molecule has 5 nitrogen and oxygen atoms in total. The van der Waals surface area contributed by atoms with Crippen LogP contribution in [0.1, 0.15) is 25.8 Å². The van der Waals surface area contributed by atoms with E-state index < -0.39 is 0 Å². The molecule has 0 aliphatic carbocycles. The first kappa shape index (κ1) is 15.0. The molecule has 1 aromatic carbocycles. The number of nitrogen functional groups attached to an aromatic ring is 1. The Morgan fingerprint density at radius 3 is 2.63 bits per heavy atom. The largest absolute Gasteiger partial charge is 0.465 e. The average molecular weight is 264 g/mol. The minimum Gasteiger partial charge on any atom is -0.465 e. The van der Waals surface area contributed by atoms with Crippen LogP contribution in [-0.2, 0) is 20.7 Å². The highest BCUT2D eigenvalue weighted by Crippen LogP contribution is 2.11. The van der Waals surface area contributed by atoms with E-state index in [2.05, 4.69) is 5.32 Å². The van der Waals surface area contributed by atoms with E-state index in [0.29, 0.717) is 5.69 Å². The van der Waals surface area contributed by atoms with Crippen molar-refractivity contribution < 1.29 is 14.3 Å². The van der Waals surface area contributed by atoms with Crippen molar-refractivity contribution in [1.82, 2.24) is 5.32 Å². The third-order valence-corrected chi connectivity index (χ3v) is 2.43. The van der Waals surface area contributed by atoms with Crippen LogP contribution in [0.25, 0.3) is 0 Å². The zero-order valence-corrected chi connectivity index (χ0v) is 11.3. The Labute approximate surface area is 113 Å². The molecule has 104 valence electrons. The maximum atomic E-state index is 11.6. The fourth-order valence-electron chi connectivity index (χ4n) is 1.55. The topological polar surface area (TPSA) is 81.4 Å². The van der Waals surface area contributed by atoms with Crippen LogP contribution in [0.3, 0.4) is 0 Å². The standard InChI is InChI=1S/C14H20N2O3/c1-10(2)16-13(17)7-8-19-14(18)9-11-5-3-4-6-12(11)15/h3-6,10H,7-9,15H2,1-2H3,(H,16,17). The summed E-state index contributed by atoms with van der Waals surface area (Å²) in [5, 5.41) is 2.73. The zero-order chi connectivity index (χ0) is 14.3. The number of hydrogen-bond acceptors (Lipinski definition) is 4. The van der Waals surface area contributed by atoms with Crippen LogP contribution in [0.15, 0.2) is 24.3 Å². The van der Waals surface area contributed by atoms with Crippen molar-refractivity contribution in [3.05, 3.63) is 29.8 Å². The number of para-hydroxylation sites is 1. The molecule has 0 radical (unpaired) electrons. The molecule has 5 heteroatoms. The molecular weight excluding hydrogens is 244 g/mol. The van der Waals surface area contributed by atoms with Crippen molar-refractivity contribution in [2.45, 2.75) is 32.7 Å². The van der Waals surface area contributed by atoms with E-state index >= 15 is 0 Å². The summed E-state index contributed by atoms with van der Waals surface area (Å²) in [6.07, 6.45) is 0.298. The van der Waals surface area contributed by atoms with Gasteiger partial charge in [0.15, 0.2) is 0 Å². The van der Waals surface area contributed by atoms with E-state index in [9.17, 15) is 9.59 Å². The van der Waals surface area contributed by atoms with E-state index in [1.165, 1.54) is 0 Å². The molecule has 1 rings (SSSR count). The minimum absolute atomic E-state index is 0.0874. The molecule has 0 atom stereocenters. The summed E-state index contributed by atoms with van der Waals surface area (Å²) in [6.45, 7) is 3.84. The Morgan fingerprint density at radius 1 is 1.32 bits per heavy atom. The predicted octanol–water partition coefficient (Wildman–Crippen LogP) is 1.27. The number of carbonyl (C=O) groups excluding carboxylic acids is 2. The van der Waals surface area contributed by atoms with Crippen molar-refractivity contribution in [1.29, 1.82) is 0 Å². The first-order chi connectivity index (χ1) is 8.99. The van der Waals surface area contributed by atoms with Gasteiger partial charge < -0.3 is 15.8 Å². The van der Waals surface area contributed by atoms with E-state index in [1.54, 1.807) is 18.2 Å². The van der Waals surface area contributed by atoms with Crippen molar-refractivity contribution in [3.63, 3.8) is 0 Å². The maximum Gasteiger partial charge on any atom is 0.310 e. The van der Waals surface area contributed by atoms with Crippen molar-refractivity contribution >= 4 is 17.6 Å². The summed E-state index contributed by atoms with van der Waals surface area (Å²) in [5.74, 6) is -0.503. The molecule has 19 heavy (non-hydrogen) atoms. The van der Waals surface area contributed by atoms with E-state index in [1.807, 2.05) is 19.9 Å². The second-order valence-corrected chi connectivity index (χ2v) is 4.57. The number of ether oxygens (including phenoxy) is 1. The molecule has 1 amide bonds. The summed E-state index contributed by atoms with van der Waals surface area (Å²) in [4.78, 5) is 22.9. The van der Waals surface area contributed by atoms with Gasteiger partial charge in [-0.25, -0.2) is 0 Å². The average Bonchev–Trinajstić information content (AvgIpc) is 2.31. The van der Waals surface area contributed by atoms with Gasteiger partial charge >= 0.3 is 5.97 Å². The Bertz CT molecular complexity index is 444. The van der Waals surface area contributed by atoms with Crippen molar-refractivity contribution in [2.24, 2.45) is 0 Å². The molecule has 0 fully saturated rings. The van der Waals surface area contributed by atoms with Crippen LogP contribution >= 0.6 is 0 Å². The normalized spacial score (nSPS) is 10.3. The fourth-order valence-corrected chi connectivity index (χ4v) is 1.55. The fraction of sp³-hybridized carbons (Fsp3) is 0.429. The number of benzene rings is 1. The lowest BCUT2D eigenvalue weighted by molar-refractivity contribution is -0.143. The summed E-state index contributed by atoms with van der Waals surface area (Å²) >= 11 is 0. The number of rotatable bonds is 6. The van der Waals surface area contributed by atoms with Gasteiger partial charge in [-0.05, 0) is 25.5 Å². The Kier molecular flexibility index (Phi) is 5.85. The molecule has 0 aromatic heterocycles. The number of nitrogens with one attached hydrogen (secondary N) is 1. The van der Waals surface area contributed by atoms with Crippen LogP contribution in [0.2, 0.25) is 0 Å². The van der Waals surface area contributed by atoms with Crippen LogP contribution in [0.5, 0.6) is 0 Å². The Balaban J connectivity index is 2.29. The number of anilines is 1. The predicted molar refractivity (Wildman–Crippen MR) is 73.4 cm³/mol. The van der Waals surface area contributed by atoms with Crippen LogP contribution in [0, 0.1) is 0 Å². The first-order valence-corrected chi connectivity index (χ1v) is 6.27. The number of nitrogens with two attached hydrogens (primary N) is 1. The second kappa shape index (κ2) is 7.41. The van der Waals surface area contributed by atoms with Gasteiger partial charge in [0.2, 0.25) is 5.91 Å². The zero-order valence-electron chi connectivity index (χ0n) is 11.3. The third kappa shape index (κ3) is 5.90. The van der Waals surface area contributed by atoms with Gasteiger partial charge in [-0.1, -0.05) is 18.2 Å². The molecule has 0 heterocycles. The lowest BCUT2D eigenvalue weighted by Crippen LogP contribution is -2.31. The summed E-state index contributed by atoms with van der Waals surface area (Å²) in [5.41, 5.74) is 7.03. The molecular formula is C14H20N2O3. The van der Waals surface area contributed by atoms with Gasteiger partial charge in [-0.15, -0.1) is 0 Å². The van der Waals surface area contributed by atoms with Crippen LogP contribution < -0.4 is 11.1 Å². The van der Waals surface area contributed by atoms with Crippen molar-refractivity contribution in [2.75, 3.05) is 12.3 Å². The smallest absolute Gasteiger partial charge is 0.310 e. The molecule has 0 spiro atoms. The Morgan fingerprint density at radius 2 is 2.00 bits per heavy atom. The monoisotopic (exact) mass is 264 g/mol. The van der Waals surface area contributed by atoms with E-state index in [0.717, 1.165) is 5.56 Å². The summed E-state index contributed by atoms with van der Waals surface area (Å²) in [7, 11) is 0. The molecule has 0 aliphatic heterocycles. The second-order valence-electron chi connectivity index (χ2n) is 4.57. The third-order valence-electron chi connectivity index (χ3n) is 2.43. The molecule has 0 saturated heterocycles. The molecule has 1 aromatic rings. The SMILES string of the molecule is CC(C)NC(=O)CCOC(=O)Cc1ccccc1N. The summed E-state index contributed by atoms with van der Waals surface area (Å²) in [6, 6.07) is 7.23. The molecule has 3 N–H and O–H groups in total. The van der Waals surface area contributed by atoms with Gasteiger partial charge in [-0.2, -0.15) is 0 Å². The van der Waals surface area contributed by atoms with Crippen LogP contribution in [0.4, 0.5) is 5.69 Å². The van der Waals surface area contributed by atoms with Crippen LogP contribution in [-0.4, -0.2) is 24.5 Å². The van der Waals surface area contributed by atoms with Gasteiger partial charge in [0.1, 0.15) is 6.61 Å². The number of carbonyl (C=O) groups is 2. The van der Waals surface area contributed by atoms with E-state index in [4.69, 9.17) is 10.5 Å². The highest BCUT2D eigenvalue weighted by molar-refractivity contribution is 5.77. The highest BCUT2D eigenvalue weighted by Gasteiger charge is 2.09. The minimum atomic E-state index is -0.379. The number of esters is 1. The van der Waals surface area contributed by atoms with Crippen molar-refractivity contribution in [3.8, 4) is 0 Å². The molecule has 0 bridgehead atoms. The quantitative estimate of drug-likeness (QED) is 0.599. The van der Waals surface area contributed by atoms with E-state index in [-0.39, 0.29) is 37.4 Å². The van der Waals surface area contributed by atoms with Gasteiger partial charge in [-0.3, -0.25) is 9.59 Å². The molecule has 0 aliphatic rings. The highest BCUT2D eigenvalue weighted by atomic mass is 16.5. The lowest BCUT2D eigenvalue weighted by atomic mass is 10.1. The lowest BCUT2D eigenvalue weighted by Gasteiger charge is -2.09. The Hall–Kier alpha value is -2.04.